The fourth-order valence-corrected chi connectivity index (χ4v) is 2.36. The number of amides is 1. The zero-order valence-corrected chi connectivity index (χ0v) is 11.1. The van der Waals surface area contributed by atoms with E-state index in [2.05, 4.69) is 27.5 Å². The van der Waals surface area contributed by atoms with E-state index >= 15 is 0 Å². The molecule has 0 radical (unpaired) electrons. The van der Waals surface area contributed by atoms with Gasteiger partial charge in [-0.1, -0.05) is 0 Å². The summed E-state index contributed by atoms with van der Waals surface area (Å²) < 4.78 is 0. The van der Waals surface area contributed by atoms with Gasteiger partial charge in [0.05, 0.1) is 0 Å². The first-order valence-corrected chi connectivity index (χ1v) is 6.81. The summed E-state index contributed by atoms with van der Waals surface area (Å²) >= 11 is 1.73. The number of benzene rings is 1. The molecule has 0 aliphatic carbocycles. The summed E-state index contributed by atoms with van der Waals surface area (Å²) in [6, 6.07) is 9.88. The molecule has 0 aliphatic heterocycles. The summed E-state index contributed by atoms with van der Waals surface area (Å²) in [7, 11) is 0. The molecule has 4 heteroatoms. The standard InChI is InChI=1S/C14H16N2OS/c1-11(17)16-14-4-2-13(3-5-14)15-8-6-12-7-9-18-10-12/h2-5,7,9-10,15H,6,8H2,1H3,(H,16,17). The first-order chi connectivity index (χ1) is 8.74. The van der Waals surface area contributed by atoms with Gasteiger partial charge in [-0.3, -0.25) is 4.79 Å². The Morgan fingerprint density at radius 3 is 2.50 bits per heavy atom. The number of rotatable bonds is 5. The van der Waals surface area contributed by atoms with Gasteiger partial charge < -0.3 is 10.6 Å². The summed E-state index contributed by atoms with van der Waals surface area (Å²) in [4.78, 5) is 10.9. The van der Waals surface area contributed by atoms with Gasteiger partial charge in [-0.2, -0.15) is 11.3 Å². The molecule has 1 amide bonds. The molecule has 18 heavy (non-hydrogen) atoms. The van der Waals surface area contributed by atoms with Crippen molar-refractivity contribution in [3.63, 3.8) is 0 Å². The second-order valence-corrected chi connectivity index (χ2v) is 4.85. The van der Waals surface area contributed by atoms with Crippen molar-refractivity contribution in [2.24, 2.45) is 0 Å². The van der Waals surface area contributed by atoms with Gasteiger partial charge in [0, 0.05) is 24.8 Å². The number of carbonyl (C=O) groups is 1. The van der Waals surface area contributed by atoms with Crippen LogP contribution in [0, 0.1) is 0 Å². The molecule has 3 nitrogen and oxygen atoms in total. The Morgan fingerprint density at radius 2 is 1.89 bits per heavy atom. The van der Waals surface area contributed by atoms with Crippen molar-refractivity contribution in [1.82, 2.24) is 0 Å². The quantitative estimate of drug-likeness (QED) is 0.865. The lowest BCUT2D eigenvalue weighted by Gasteiger charge is -2.07. The minimum atomic E-state index is -0.0480. The molecule has 0 atom stereocenters. The highest BCUT2D eigenvalue weighted by atomic mass is 32.1. The van der Waals surface area contributed by atoms with Crippen molar-refractivity contribution < 1.29 is 4.79 Å². The van der Waals surface area contributed by atoms with Crippen molar-refractivity contribution in [1.29, 1.82) is 0 Å². The SMILES string of the molecule is CC(=O)Nc1ccc(NCCc2ccsc2)cc1. The summed E-state index contributed by atoms with van der Waals surface area (Å²) in [5.74, 6) is -0.0480. The molecule has 1 aromatic heterocycles. The summed E-state index contributed by atoms with van der Waals surface area (Å²) in [6.45, 7) is 2.42. The molecule has 0 saturated heterocycles. The van der Waals surface area contributed by atoms with Crippen molar-refractivity contribution in [2.75, 3.05) is 17.2 Å². The van der Waals surface area contributed by atoms with Gasteiger partial charge in [0.1, 0.15) is 0 Å². The first-order valence-electron chi connectivity index (χ1n) is 5.86. The van der Waals surface area contributed by atoms with E-state index in [-0.39, 0.29) is 5.91 Å². The van der Waals surface area contributed by atoms with Gasteiger partial charge >= 0.3 is 0 Å². The zero-order chi connectivity index (χ0) is 12.8. The van der Waals surface area contributed by atoms with Gasteiger partial charge in [-0.05, 0) is 53.1 Å². The molecule has 1 aromatic carbocycles. The van der Waals surface area contributed by atoms with Crippen LogP contribution in [0.25, 0.3) is 0 Å². The minimum Gasteiger partial charge on any atom is -0.385 e. The second kappa shape index (κ2) is 6.21. The molecule has 0 fully saturated rings. The Labute approximate surface area is 111 Å². The summed E-state index contributed by atoms with van der Waals surface area (Å²) in [5.41, 5.74) is 3.26. The average Bonchev–Trinajstić information content (AvgIpc) is 2.84. The van der Waals surface area contributed by atoms with Crippen LogP contribution < -0.4 is 10.6 Å². The van der Waals surface area contributed by atoms with E-state index in [1.165, 1.54) is 12.5 Å². The fraction of sp³-hybridized carbons (Fsp3) is 0.214. The van der Waals surface area contributed by atoms with Crippen molar-refractivity contribution >= 4 is 28.6 Å². The predicted octanol–water partition coefficient (Wildman–Crippen LogP) is 3.36. The highest BCUT2D eigenvalue weighted by Gasteiger charge is 1.97. The number of thiophene rings is 1. The zero-order valence-electron chi connectivity index (χ0n) is 10.3. The van der Waals surface area contributed by atoms with Crippen LogP contribution in [-0.4, -0.2) is 12.5 Å². The summed E-state index contributed by atoms with van der Waals surface area (Å²) in [5, 5.41) is 10.4. The molecule has 0 unspecified atom stereocenters. The number of hydrogen-bond acceptors (Lipinski definition) is 3. The lowest BCUT2D eigenvalue weighted by Crippen LogP contribution is -2.06. The smallest absolute Gasteiger partial charge is 0.221 e. The van der Waals surface area contributed by atoms with E-state index < -0.39 is 0 Å². The molecule has 94 valence electrons. The minimum absolute atomic E-state index is 0.0480. The Hall–Kier alpha value is -1.81. The van der Waals surface area contributed by atoms with E-state index in [9.17, 15) is 4.79 Å². The van der Waals surface area contributed by atoms with Gasteiger partial charge in [0.15, 0.2) is 0 Å². The summed E-state index contributed by atoms with van der Waals surface area (Å²) in [6.07, 6.45) is 1.02. The highest BCUT2D eigenvalue weighted by Crippen LogP contribution is 2.14. The molecule has 2 aromatic rings. The Kier molecular flexibility index (Phi) is 4.36. The van der Waals surface area contributed by atoms with Crippen LogP contribution in [-0.2, 0) is 11.2 Å². The van der Waals surface area contributed by atoms with Crippen LogP contribution in [0.15, 0.2) is 41.1 Å². The lowest BCUT2D eigenvalue weighted by molar-refractivity contribution is -0.114. The van der Waals surface area contributed by atoms with Crippen molar-refractivity contribution in [3.8, 4) is 0 Å². The molecule has 2 rings (SSSR count). The van der Waals surface area contributed by atoms with Crippen molar-refractivity contribution in [2.45, 2.75) is 13.3 Å². The first kappa shape index (κ1) is 12.6. The van der Waals surface area contributed by atoms with Crippen LogP contribution in [0.4, 0.5) is 11.4 Å². The molecule has 0 spiro atoms. The largest absolute Gasteiger partial charge is 0.385 e. The molecule has 2 N–H and O–H groups in total. The van der Waals surface area contributed by atoms with Gasteiger partial charge in [-0.15, -0.1) is 0 Å². The Bertz CT molecular complexity index is 491. The molecular weight excluding hydrogens is 244 g/mol. The second-order valence-electron chi connectivity index (χ2n) is 4.07. The number of anilines is 2. The number of nitrogens with one attached hydrogen (secondary N) is 2. The third-order valence-corrected chi connectivity index (χ3v) is 3.26. The van der Waals surface area contributed by atoms with Gasteiger partial charge in [0.2, 0.25) is 5.91 Å². The van der Waals surface area contributed by atoms with E-state index in [1.807, 2.05) is 24.3 Å². The maximum atomic E-state index is 10.9. The van der Waals surface area contributed by atoms with Gasteiger partial charge in [0.25, 0.3) is 0 Å². The number of hydrogen-bond donors (Lipinski definition) is 2. The van der Waals surface area contributed by atoms with E-state index in [4.69, 9.17) is 0 Å². The molecule has 1 heterocycles. The van der Waals surface area contributed by atoms with E-state index in [0.717, 1.165) is 24.3 Å². The Balaban J connectivity index is 1.81. The maximum Gasteiger partial charge on any atom is 0.221 e. The molecule has 0 bridgehead atoms. The Morgan fingerprint density at radius 1 is 1.17 bits per heavy atom. The highest BCUT2D eigenvalue weighted by molar-refractivity contribution is 7.07. The van der Waals surface area contributed by atoms with Crippen LogP contribution >= 0.6 is 11.3 Å². The molecule has 0 aliphatic rings. The van der Waals surface area contributed by atoms with Crippen LogP contribution in [0.1, 0.15) is 12.5 Å². The maximum absolute atomic E-state index is 10.9. The third-order valence-electron chi connectivity index (χ3n) is 2.53. The van der Waals surface area contributed by atoms with Gasteiger partial charge in [-0.25, -0.2) is 0 Å². The monoisotopic (exact) mass is 260 g/mol. The lowest BCUT2D eigenvalue weighted by atomic mass is 10.2. The topological polar surface area (TPSA) is 41.1 Å². The van der Waals surface area contributed by atoms with E-state index in [1.54, 1.807) is 11.3 Å². The normalized spacial score (nSPS) is 10.1. The van der Waals surface area contributed by atoms with E-state index in [0.29, 0.717) is 0 Å². The average molecular weight is 260 g/mol. The van der Waals surface area contributed by atoms with Crippen molar-refractivity contribution in [3.05, 3.63) is 46.7 Å². The van der Waals surface area contributed by atoms with Crippen LogP contribution in [0.5, 0.6) is 0 Å². The molecule has 0 saturated carbocycles. The third kappa shape index (κ3) is 3.89. The fourth-order valence-electron chi connectivity index (χ4n) is 1.66. The van der Waals surface area contributed by atoms with Crippen LogP contribution in [0.2, 0.25) is 0 Å². The molecular formula is C14H16N2OS. The predicted molar refractivity (Wildman–Crippen MR) is 77.3 cm³/mol. The van der Waals surface area contributed by atoms with Crippen LogP contribution in [0.3, 0.4) is 0 Å². The number of carbonyl (C=O) groups excluding carboxylic acids is 1.